The van der Waals surface area contributed by atoms with Crippen molar-refractivity contribution in [2.24, 2.45) is 5.92 Å². The van der Waals surface area contributed by atoms with Gasteiger partial charge in [-0.3, -0.25) is 9.69 Å². The second-order valence-electron chi connectivity index (χ2n) is 9.47. The van der Waals surface area contributed by atoms with E-state index in [1.165, 1.54) is 26.2 Å². The lowest BCUT2D eigenvalue weighted by molar-refractivity contribution is -0.117. The average Bonchev–Trinajstić information content (AvgIpc) is 2.66. The number of likely N-dealkylation sites (tertiary alicyclic amines) is 1. The summed E-state index contributed by atoms with van der Waals surface area (Å²) in [4.78, 5) is 28.6. The van der Waals surface area contributed by atoms with Crippen molar-refractivity contribution >= 4 is 27.7 Å². The molecule has 2 rings (SSSR count). The number of anilines is 1. The zero-order valence-corrected chi connectivity index (χ0v) is 20.7. The van der Waals surface area contributed by atoms with Crippen LogP contribution in [0.3, 0.4) is 0 Å². The van der Waals surface area contributed by atoms with Gasteiger partial charge in [-0.1, -0.05) is 6.07 Å². The molecule has 1 fully saturated rings. The molecule has 1 N–H and O–H groups in total. The quantitative estimate of drug-likeness (QED) is 0.660. The zero-order chi connectivity index (χ0) is 24.1. The van der Waals surface area contributed by atoms with E-state index in [0.717, 1.165) is 23.7 Å². The van der Waals surface area contributed by atoms with Gasteiger partial charge in [-0.05, 0) is 64.3 Å². The van der Waals surface area contributed by atoms with Gasteiger partial charge < -0.3 is 15.0 Å². The van der Waals surface area contributed by atoms with E-state index in [-0.39, 0.29) is 29.4 Å². The van der Waals surface area contributed by atoms with Gasteiger partial charge in [0.15, 0.2) is 0 Å². The van der Waals surface area contributed by atoms with Crippen LogP contribution in [0.4, 0.5) is 10.5 Å². The standard InChI is InChI=1S/C22H36N4O5S/c1-22(2,3)31-21(28)25(6)14-17-9-8-12-26(15-17)16-20(27)23-18-10-7-11-19(13-18)32(29,30)24(4)5/h7,10-11,13,17H,8-9,12,14-16H2,1-6H3,(H,23,27). The molecule has 9 nitrogen and oxygen atoms in total. The van der Waals surface area contributed by atoms with Gasteiger partial charge in [0, 0.05) is 39.9 Å². The Morgan fingerprint density at radius 3 is 2.53 bits per heavy atom. The SMILES string of the molecule is CN(CC1CCCN(CC(=O)Nc2cccc(S(=O)(=O)N(C)C)c2)C1)C(=O)OC(C)(C)C. The first kappa shape index (κ1) is 26.1. The van der Waals surface area contributed by atoms with Gasteiger partial charge in [0.25, 0.3) is 0 Å². The summed E-state index contributed by atoms with van der Waals surface area (Å²) in [7, 11) is 1.09. The number of benzene rings is 1. The topological polar surface area (TPSA) is 99.3 Å². The van der Waals surface area contributed by atoms with Gasteiger partial charge in [0.1, 0.15) is 5.60 Å². The van der Waals surface area contributed by atoms with Crippen molar-refractivity contribution in [3.8, 4) is 0 Å². The summed E-state index contributed by atoms with van der Waals surface area (Å²) in [5, 5.41) is 2.79. The molecule has 1 aliphatic heterocycles. The van der Waals surface area contributed by atoms with Crippen LogP contribution < -0.4 is 5.32 Å². The molecular formula is C22H36N4O5S. The van der Waals surface area contributed by atoms with E-state index in [9.17, 15) is 18.0 Å². The number of carbonyl (C=O) groups excluding carboxylic acids is 2. The number of sulfonamides is 1. The first-order valence-corrected chi connectivity index (χ1v) is 12.2. The molecule has 1 saturated heterocycles. The average molecular weight is 469 g/mol. The molecule has 0 saturated carbocycles. The molecule has 0 bridgehead atoms. The van der Waals surface area contributed by atoms with E-state index >= 15 is 0 Å². The zero-order valence-electron chi connectivity index (χ0n) is 19.9. The van der Waals surface area contributed by atoms with Crippen LogP contribution in [0.2, 0.25) is 0 Å². The Hall–Kier alpha value is -2.17. The number of amides is 2. The predicted octanol–water partition coefficient (Wildman–Crippen LogP) is 2.45. The second kappa shape index (κ2) is 10.6. The summed E-state index contributed by atoms with van der Waals surface area (Å²) in [6.45, 7) is 7.79. The predicted molar refractivity (Wildman–Crippen MR) is 124 cm³/mol. The van der Waals surface area contributed by atoms with Crippen molar-refractivity contribution in [2.75, 3.05) is 52.6 Å². The van der Waals surface area contributed by atoms with Crippen LogP contribution in [0, 0.1) is 5.92 Å². The minimum Gasteiger partial charge on any atom is -0.444 e. The van der Waals surface area contributed by atoms with Gasteiger partial charge in [-0.25, -0.2) is 17.5 Å². The summed E-state index contributed by atoms with van der Waals surface area (Å²) in [6.07, 6.45) is 1.58. The molecule has 1 unspecified atom stereocenters. The smallest absolute Gasteiger partial charge is 0.410 e. The molecule has 0 aromatic heterocycles. The molecule has 0 aliphatic carbocycles. The van der Waals surface area contributed by atoms with Crippen LogP contribution in [-0.2, 0) is 19.6 Å². The molecule has 32 heavy (non-hydrogen) atoms. The van der Waals surface area contributed by atoms with E-state index in [1.54, 1.807) is 24.1 Å². The minimum atomic E-state index is -3.57. The Morgan fingerprint density at radius 1 is 1.22 bits per heavy atom. The summed E-state index contributed by atoms with van der Waals surface area (Å²) in [5.41, 5.74) is -0.0956. The fraction of sp³-hybridized carbons (Fsp3) is 0.636. The van der Waals surface area contributed by atoms with Crippen LogP contribution >= 0.6 is 0 Å². The summed E-state index contributed by atoms with van der Waals surface area (Å²) < 4.78 is 31.2. The van der Waals surface area contributed by atoms with Crippen molar-refractivity contribution in [1.82, 2.24) is 14.1 Å². The van der Waals surface area contributed by atoms with E-state index < -0.39 is 15.6 Å². The molecule has 180 valence electrons. The molecule has 1 heterocycles. The fourth-order valence-electron chi connectivity index (χ4n) is 3.59. The molecule has 10 heteroatoms. The first-order chi connectivity index (χ1) is 14.8. The largest absolute Gasteiger partial charge is 0.444 e. The second-order valence-corrected chi connectivity index (χ2v) is 11.6. The number of nitrogens with zero attached hydrogens (tertiary/aromatic N) is 3. The van der Waals surface area contributed by atoms with Crippen molar-refractivity contribution in [3.05, 3.63) is 24.3 Å². The highest BCUT2D eigenvalue weighted by Gasteiger charge is 2.26. The lowest BCUT2D eigenvalue weighted by atomic mass is 9.97. The van der Waals surface area contributed by atoms with Crippen molar-refractivity contribution in [2.45, 2.75) is 44.1 Å². The number of hydrogen-bond acceptors (Lipinski definition) is 6. The number of carbonyl (C=O) groups is 2. The number of ether oxygens (including phenoxy) is 1. The van der Waals surface area contributed by atoms with Crippen LogP contribution in [0.5, 0.6) is 0 Å². The highest BCUT2D eigenvalue weighted by Crippen LogP contribution is 2.20. The highest BCUT2D eigenvalue weighted by atomic mass is 32.2. The molecule has 1 aromatic rings. The van der Waals surface area contributed by atoms with Gasteiger partial charge in [0.05, 0.1) is 11.4 Å². The van der Waals surface area contributed by atoms with Gasteiger partial charge in [0.2, 0.25) is 15.9 Å². The van der Waals surface area contributed by atoms with Crippen molar-refractivity contribution in [3.63, 3.8) is 0 Å². The molecule has 1 aliphatic rings. The van der Waals surface area contributed by atoms with Gasteiger partial charge >= 0.3 is 6.09 Å². The molecular weight excluding hydrogens is 432 g/mol. The molecule has 1 atom stereocenters. The molecule has 0 spiro atoms. The third-order valence-electron chi connectivity index (χ3n) is 5.10. The summed E-state index contributed by atoms with van der Waals surface area (Å²) >= 11 is 0. The lowest BCUT2D eigenvalue weighted by Gasteiger charge is -2.34. The summed E-state index contributed by atoms with van der Waals surface area (Å²) in [5.74, 6) is 0.0492. The monoisotopic (exact) mass is 468 g/mol. The van der Waals surface area contributed by atoms with E-state index in [4.69, 9.17) is 4.74 Å². The van der Waals surface area contributed by atoms with Crippen molar-refractivity contribution < 1.29 is 22.7 Å². The van der Waals surface area contributed by atoms with Crippen LogP contribution in [-0.4, -0.2) is 87.4 Å². The number of nitrogens with one attached hydrogen (secondary N) is 1. The van der Waals surface area contributed by atoms with Gasteiger partial charge in [-0.15, -0.1) is 0 Å². The lowest BCUT2D eigenvalue weighted by Crippen LogP contribution is -2.45. The van der Waals surface area contributed by atoms with Crippen molar-refractivity contribution in [1.29, 1.82) is 0 Å². The Bertz CT molecular complexity index is 911. The maximum Gasteiger partial charge on any atom is 0.410 e. The maximum absolute atomic E-state index is 12.6. The summed E-state index contributed by atoms with van der Waals surface area (Å²) in [6, 6.07) is 6.24. The highest BCUT2D eigenvalue weighted by molar-refractivity contribution is 7.89. The fourth-order valence-corrected chi connectivity index (χ4v) is 4.54. The molecule has 2 amide bonds. The molecule has 1 aromatic carbocycles. The third kappa shape index (κ3) is 7.75. The maximum atomic E-state index is 12.6. The molecule has 0 radical (unpaired) electrons. The number of rotatable bonds is 7. The Balaban J connectivity index is 1.91. The van der Waals surface area contributed by atoms with Crippen LogP contribution in [0.1, 0.15) is 33.6 Å². The number of piperidine rings is 1. The van der Waals surface area contributed by atoms with E-state index in [1.807, 2.05) is 20.8 Å². The van der Waals surface area contributed by atoms with Crippen LogP contribution in [0.25, 0.3) is 0 Å². The minimum absolute atomic E-state index is 0.128. The normalized spacial score (nSPS) is 17.8. The Labute approximate surface area is 191 Å². The van der Waals surface area contributed by atoms with Crippen LogP contribution in [0.15, 0.2) is 29.2 Å². The van der Waals surface area contributed by atoms with Gasteiger partial charge in [-0.2, -0.15) is 0 Å². The van der Waals surface area contributed by atoms with E-state index in [0.29, 0.717) is 18.8 Å². The van der Waals surface area contributed by atoms with E-state index in [2.05, 4.69) is 10.2 Å². The number of hydrogen-bond donors (Lipinski definition) is 1. The first-order valence-electron chi connectivity index (χ1n) is 10.8. The third-order valence-corrected chi connectivity index (χ3v) is 6.92. The Kier molecular flexibility index (Phi) is 8.67. The Morgan fingerprint density at radius 2 is 1.91 bits per heavy atom.